The third kappa shape index (κ3) is 5.10. The fraction of sp³-hybridized carbons (Fsp3) is 0.500. The fourth-order valence-electron chi connectivity index (χ4n) is 1.43. The molecular weight excluding hydrogens is 246 g/mol. The highest BCUT2D eigenvalue weighted by Crippen LogP contribution is 2.24. The second kappa shape index (κ2) is 7.44. The highest BCUT2D eigenvalue weighted by molar-refractivity contribution is 8.00. The molecule has 1 N–H and O–H groups in total. The molecule has 0 saturated heterocycles. The number of thioether (sulfide) groups is 1. The number of carbonyl (C=O) groups excluding carboxylic acids is 1. The number of ether oxygens (including phenoxy) is 1. The monoisotopic (exact) mass is 267 g/mol. The first-order valence-electron chi connectivity index (χ1n) is 6.09. The predicted molar refractivity (Wildman–Crippen MR) is 75.8 cm³/mol. The second-order valence-electron chi connectivity index (χ2n) is 4.46. The Bertz CT molecular complexity index is 376. The van der Waals surface area contributed by atoms with Crippen LogP contribution in [-0.2, 0) is 16.1 Å². The van der Waals surface area contributed by atoms with Gasteiger partial charge in [-0.3, -0.25) is 4.79 Å². The molecule has 1 aromatic rings. The molecule has 100 valence electrons. The first-order valence-corrected chi connectivity index (χ1v) is 6.97. The molecule has 0 spiro atoms. The third-order valence-electron chi connectivity index (χ3n) is 2.48. The van der Waals surface area contributed by atoms with Crippen molar-refractivity contribution >= 4 is 17.7 Å². The lowest BCUT2D eigenvalue weighted by molar-refractivity contribution is -0.139. The molecule has 0 aliphatic heterocycles. The Hall–Kier alpha value is -1.00. The number of rotatable bonds is 6. The molecule has 0 aromatic heterocycles. The molecular formula is C14H21NO2S. The number of benzene rings is 1. The smallest absolute Gasteiger partial charge is 0.318 e. The summed E-state index contributed by atoms with van der Waals surface area (Å²) in [6.07, 6.45) is 0. The van der Waals surface area contributed by atoms with Gasteiger partial charge in [-0.25, -0.2) is 0 Å². The SMILES string of the molecule is COC(=O)C(C)Sc1ccc(CNC(C)C)cc1. The van der Waals surface area contributed by atoms with E-state index in [0.29, 0.717) is 6.04 Å². The minimum absolute atomic E-state index is 0.172. The molecule has 18 heavy (non-hydrogen) atoms. The van der Waals surface area contributed by atoms with Gasteiger partial charge in [0, 0.05) is 17.5 Å². The van der Waals surface area contributed by atoms with Gasteiger partial charge >= 0.3 is 5.97 Å². The molecule has 4 heteroatoms. The minimum atomic E-state index is -0.189. The minimum Gasteiger partial charge on any atom is -0.468 e. The molecule has 0 aliphatic rings. The van der Waals surface area contributed by atoms with Crippen molar-refractivity contribution in [2.75, 3.05) is 7.11 Å². The number of methoxy groups -OCH3 is 1. The number of hydrogen-bond acceptors (Lipinski definition) is 4. The quantitative estimate of drug-likeness (QED) is 0.635. The van der Waals surface area contributed by atoms with Crippen LogP contribution in [0.1, 0.15) is 26.3 Å². The molecule has 1 aromatic carbocycles. The molecule has 0 fully saturated rings. The van der Waals surface area contributed by atoms with Gasteiger partial charge < -0.3 is 10.1 Å². The van der Waals surface area contributed by atoms with Gasteiger partial charge in [0.05, 0.1) is 7.11 Å². The maximum absolute atomic E-state index is 11.3. The van der Waals surface area contributed by atoms with Crippen LogP contribution in [-0.4, -0.2) is 24.4 Å². The van der Waals surface area contributed by atoms with Crippen LogP contribution >= 0.6 is 11.8 Å². The summed E-state index contributed by atoms with van der Waals surface area (Å²) in [5.74, 6) is -0.189. The van der Waals surface area contributed by atoms with Crippen LogP contribution in [0, 0.1) is 0 Å². The van der Waals surface area contributed by atoms with Crippen molar-refractivity contribution < 1.29 is 9.53 Å². The van der Waals surface area contributed by atoms with E-state index in [9.17, 15) is 4.79 Å². The summed E-state index contributed by atoms with van der Waals surface area (Å²) >= 11 is 1.51. The molecule has 0 aliphatic carbocycles. The maximum Gasteiger partial charge on any atom is 0.318 e. The zero-order valence-corrected chi connectivity index (χ0v) is 12.2. The molecule has 0 amide bonds. The van der Waals surface area contributed by atoms with Gasteiger partial charge in [0.2, 0.25) is 0 Å². The summed E-state index contributed by atoms with van der Waals surface area (Å²) in [4.78, 5) is 12.4. The number of hydrogen-bond donors (Lipinski definition) is 1. The zero-order chi connectivity index (χ0) is 13.5. The summed E-state index contributed by atoms with van der Waals surface area (Å²) in [7, 11) is 1.42. The summed E-state index contributed by atoms with van der Waals surface area (Å²) in [6, 6.07) is 8.74. The lowest BCUT2D eigenvalue weighted by atomic mass is 10.2. The van der Waals surface area contributed by atoms with Crippen molar-refractivity contribution in [3.63, 3.8) is 0 Å². The molecule has 0 radical (unpaired) electrons. The summed E-state index contributed by atoms with van der Waals surface area (Å²) < 4.78 is 4.70. The van der Waals surface area contributed by atoms with Crippen LogP contribution in [0.4, 0.5) is 0 Å². The van der Waals surface area contributed by atoms with E-state index in [1.807, 2.05) is 19.1 Å². The van der Waals surface area contributed by atoms with Gasteiger partial charge in [0.15, 0.2) is 0 Å². The lowest BCUT2D eigenvalue weighted by Crippen LogP contribution is -2.21. The van der Waals surface area contributed by atoms with E-state index >= 15 is 0 Å². The summed E-state index contributed by atoms with van der Waals surface area (Å²) in [6.45, 7) is 6.98. The van der Waals surface area contributed by atoms with Gasteiger partial charge in [0.25, 0.3) is 0 Å². The Kier molecular flexibility index (Phi) is 6.22. The second-order valence-corrected chi connectivity index (χ2v) is 5.88. The van der Waals surface area contributed by atoms with E-state index in [1.54, 1.807) is 0 Å². The highest BCUT2D eigenvalue weighted by atomic mass is 32.2. The maximum atomic E-state index is 11.3. The van der Waals surface area contributed by atoms with Gasteiger partial charge in [-0.15, -0.1) is 11.8 Å². The van der Waals surface area contributed by atoms with Gasteiger partial charge in [0.1, 0.15) is 5.25 Å². The topological polar surface area (TPSA) is 38.3 Å². The molecule has 0 saturated carbocycles. The first-order chi connectivity index (χ1) is 8.52. The van der Waals surface area contributed by atoms with E-state index in [0.717, 1.165) is 11.4 Å². The standard InChI is InChI=1S/C14H21NO2S/c1-10(2)15-9-12-5-7-13(8-6-12)18-11(3)14(16)17-4/h5-8,10-11,15H,9H2,1-4H3. The van der Waals surface area contributed by atoms with E-state index in [-0.39, 0.29) is 11.2 Å². The van der Waals surface area contributed by atoms with Crippen LogP contribution in [0.5, 0.6) is 0 Å². The summed E-state index contributed by atoms with van der Waals surface area (Å²) in [5, 5.41) is 3.20. The van der Waals surface area contributed by atoms with Gasteiger partial charge in [-0.05, 0) is 24.6 Å². The normalized spacial score (nSPS) is 12.5. The Balaban J connectivity index is 2.52. The fourth-order valence-corrected chi connectivity index (χ4v) is 2.32. The van der Waals surface area contributed by atoms with Crippen molar-refractivity contribution in [2.24, 2.45) is 0 Å². The van der Waals surface area contributed by atoms with Crippen LogP contribution < -0.4 is 5.32 Å². The van der Waals surface area contributed by atoms with Crippen molar-refractivity contribution in [2.45, 2.75) is 43.5 Å². The van der Waals surface area contributed by atoms with Crippen molar-refractivity contribution in [3.05, 3.63) is 29.8 Å². The Morgan fingerprint density at radius 1 is 1.28 bits per heavy atom. The lowest BCUT2D eigenvalue weighted by Gasteiger charge is -2.10. The van der Waals surface area contributed by atoms with Crippen molar-refractivity contribution in [1.82, 2.24) is 5.32 Å². The molecule has 1 atom stereocenters. The third-order valence-corrected chi connectivity index (χ3v) is 3.57. The van der Waals surface area contributed by atoms with Crippen LogP contribution in [0.25, 0.3) is 0 Å². The van der Waals surface area contributed by atoms with Crippen molar-refractivity contribution in [1.29, 1.82) is 0 Å². The van der Waals surface area contributed by atoms with E-state index < -0.39 is 0 Å². The van der Waals surface area contributed by atoms with Crippen LogP contribution in [0.3, 0.4) is 0 Å². The Morgan fingerprint density at radius 3 is 2.39 bits per heavy atom. The average Bonchev–Trinajstić information content (AvgIpc) is 2.36. The number of carbonyl (C=O) groups is 1. The van der Waals surface area contributed by atoms with E-state index in [1.165, 1.54) is 24.4 Å². The largest absolute Gasteiger partial charge is 0.468 e. The van der Waals surface area contributed by atoms with Gasteiger partial charge in [-0.2, -0.15) is 0 Å². The molecule has 3 nitrogen and oxygen atoms in total. The average molecular weight is 267 g/mol. The zero-order valence-electron chi connectivity index (χ0n) is 11.4. The Morgan fingerprint density at radius 2 is 1.89 bits per heavy atom. The molecule has 0 heterocycles. The number of nitrogens with one attached hydrogen (secondary N) is 1. The highest BCUT2D eigenvalue weighted by Gasteiger charge is 2.14. The van der Waals surface area contributed by atoms with Gasteiger partial charge in [-0.1, -0.05) is 26.0 Å². The van der Waals surface area contributed by atoms with Crippen LogP contribution in [0.15, 0.2) is 29.2 Å². The Labute approximate surface area is 113 Å². The van der Waals surface area contributed by atoms with E-state index in [2.05, 4.69) is 31.3 Å². The van der Waals surface area contributed by atoms with Crippen LogP contribution in [0.2, 0.25) is 0 Å². The van der Waals surface area contributed by atoms with E-state index in [4.69, 9.17) is 4.74 Å². The first kappa shape index (κ1) is 15.1. The van der Waals surface area contributed by atoms with Crippen molar-refractivity contribution in [3.8, 4) is 0 Å². The summed E-state index contributed by atoms with van der Waals surface area (Å²) in [5.41, 5.74) is 1.25. The molecule has 0 bridgehead atoms. The molecule has 1 rings (SSSR count). The molecule has 1 unspecified atom stereocenters. The predicted octanol–water partition coefficient (Wildman–Crippen LogP) is 2.84. The number of esters is 1.